The molecular weight excluding hydrogens is 388 g/mol. The van der Waals surface area contributed by atoms with Crippen molar-refractivity contribution < 1.29 is 18.4 Å². The SMILES string of the molecule is O=C1C[C@@H](N2CCN(C/C=C/c3ccccc3)CC2)C(=O)N1c1ccc(F)cc1F. The van der Waals surface area contributed by atoms with Crippen molar-refractivity contribution in [2.24, 2.45) is 0 Å². The highest BCUT2D eigenvalue weighted by Gasteiger charge is 2.44. The lowest BCUT2D eigenvalue weighted by molar-refractivity contribution is -0.123. The third-order valence-corrected chi connectivity index (χ3v) is 5.59. The quantitative estimate of drug-likeness (QED) is 0.710. The summed E-state index contributed by atoms with van der Waals surface area (Å²) in [6.45, 7) is 3.68. The van der Waals surface area contributed by atoms with E-state index in [0.717, 1.165) is 42.2 Å². The normalized spacial score (nSPS) is 21.1. The Labute approximate surface area is 174 Å². The largest absolute Gasteiger partial charge is 0.297 e. The lowest BCUT2D eigenvalue weighted by Crippen LogP contribution is -2.52. The third-order valence-electron chi connectivity index (χ3n) is 5.59. The molecule has 7 heteroatoms. The first-order valence-corrected chi connectivity index (χ1v) is 10.0. The van der Waals surface area contributed by atoms with Gasteiger partial charge in [-0.25, -0.2) is 13.7 Å². The van der Waals surface area contributed by atoms with Crippen LogP contribution in [-0.4, -0.2) is 60.4 Å². The number of hydrogen-bond donors (Lipinski definition) is 0. The first-order chi connectivity index (χ1) is 14.5. The minimum absolute atomic E-state index is 0.0174. The maximum absolute atomic E-state index is 14.1. The van der Waals surface area contributed by atoms with Crippen LogP contribution in [0.1, 0.15) is 12.0 Å². The fourth-order valence-electron chi connectivity index (χ4n) is 3.98. The predicted octanol–water partition coefficient (Wildman–Crippen LogP) is 2.93. The Morgan fingerprint density at radius 2 is 1.70 bits per heavy atom. The van der Waals surface area contributed by atoms with Crippen molar-refractivity contribution >= 4 is 23.6 Å². The van der Waals surface area contributed by atoms with E-state index in [0.29, 0.717) is 19.2 Å². The van der Waals surface area contributed by atoms with Gasteiger partial charge in [-0.3, -0.25) is 19.4 Å². The summed E-state index contributed by atoms with van der Waals surface area (Å²) in [4.78, 5) is 30.4. The number of carbonyl (C=O) groups is 2. The monoisotopic (exact) mass is 411 g/mol. The molecule has 0 saturated carbocycles. The number of carbonyl (C=O) groups excluding carboxylic acids is 2. The molecule has 0 aromatic heterocycles. The van der Waals surface area contributed by atoms with Crippen molar-refractivity contribution in [3.05, 3.63) is 71.8 Å². The van der Waals surface area contributed by atoms with E-state index in [1.54, 1.807) is 0 Å². The summed E-state index contributed by atoms with van der Waals surface area (Å²) in [5, 5.41) is 0. The first kappa shape index (κ1) is 20.4. The number of hydrogen-bond acceptors (Lipinski definition) is 4. The van der Waals surface area contributed by atoms with Crippen molar-refractivity contribution in [3.63, 3.8) is 0 Å². The molecule has 156 valence electrons. The van der Waals surface area contributed by atoms with Crippen LogP contribution < -0.4 is 4.90 Å². The third kappa shape index (κ3) is 4.32. The van der Waals surface area contributed by atoms with Crippen molar-refractivity contribution in [2.75, 3.05) is 37.6 Å². The summed E-state index contributed by atoms with van der Waals surface area (Å²) in [5.41, 5.74) is 0.970. The minimum Gasteiger partial charge on any atom is -0.297 e. The van der Waals surface area contributed by atoms with Crippen LogP contribution in [0.4, 0.5) is 14.5 Å². The Morgan fingerprint density at radius 3 is 2.40 bits per heavy atom. The van der Waals surface area contributed by atoms with Gasteiger partial charge in [0.05, 0.1) is 18.2 Å². The molecule has 30 heavy (non-hydrogen) atoms. The average molecular weight is 411 g/mol. The van der Waals surface area contributed by atoms with Crippen LogP contribution in [-0.2, 0) is 9.59 Å². The summed E-state index contributed by atoms with van der Waals surface area (Å²) in [6, 6.07) is 12.4. The maximum atomic E-state index is 14.1. The van der Waals surface area contributed by atoms with E-state index in [9.17, 15) is 18.4 Å². The van der Waals surface area contributed by atoms with Gasteiger partial charge < -0.3 is 0 Å². The zero-order chi connectivity index (χ0) is 21.1. The molecule has 0 bridgehead atoms. The minimum atomic E-state index is -0.910. The van der Waals surface area contributed by atoms with Crippen molar-refractivity contribution in [1.82, 2.24) is 9.80 Å². The molecule has 1 atom stereocenters. The number of anilines is 1. The maximum Gasteiger partial charge on any atom is 0.251 e. The van der Waals surface area contributed by atoms with Gasteiger partial charge in [0.1, 0.15) is 11.6 Å². The van der Waals surface area contributed by atoms with Gasteiger partial charge in [0, 0.05) is 38.8 Å². The van der Waals surface area contributed by atoms with E-state index in [1.165, 1.54) is 0 Å². The second-order valence-electron chi connectivity index (χ2n) is 7.53. The fraction of sp³-hybridized carbons (Fsp3) is 0.304. The van der Waals surface area contributed by atoms with Crippen molar-refractivity contribution in [1.29, 1.82) is 0 Å². The molecule has 4 rings (SSSR count). The second kappa shape index (κ2) is 8.85. The van der Waals surface area contributed by atoms with Gasteiger partial charge in [0.25, 0.3) is 5.91 Å². The number of amides is 2. The number of rotatable bonds is 5. The molecule has 2 aliphatic rings. The first-order valence-electron chi connectivity index (χ1n) is 10.0. The number of piperazine rings is 1. The predicted molar refractivity (Wildman–Crippen MR) is 111 cm³/mol. The molecule has 0 radical (unpaired) electrons. The van der Waals surface area contributed by atoms with Gasteiger partial charge in [-0.05, 0) is 17.7 Å². The van der Waals surface area contributed by atoms with Crippen molar-refractivity contribution in [3.8, 4) is 0 Å². The molecule has 5 nitrogen and oxygen atoms in total. The lowest BCUT2D eigenvalue weighted by atomic mass is 10.1. The van der Waals surface area contributed by atoms with Crippen LogP contribution in [0.25, 0.3) is 6.08 Å². The van der Waals surface area contributed by atoms with Gasteiger partial charge in [-0.15, -0.1) is 0 Å². The van der Waals surface area contributed by atoms with Crippen LogP contribution in [0, 0.1) is 11.6 Å². The Morgan fingerprint density at radius 1 is 0.967 bits per heavy atom. The Hall–Kier alpha value is -2.90. The Bertz CT molecular complexity index is 956. The zero-order valence-electron chi connectivity index (χ0n) is 16.5. The van der Waals surface area contributed by atoms with Crippen LogP contribution in [0.5, 0.6) is 0 Å². The standard InChI is InChI=1S/C23H23F2N3O2/c24-18-8-9-20(19(25)15-18)28-22(29)16-21(23(28)30)27-13-11-26(12-14-27)10-4-7-17-5-2-1-3-6-17/h1-9,15,21H,10-14,16H2/b7-4+/t21-/m1/s1. The second-order valence-corrected chi connectivity index (χ2v) is 7.53. The highest BCUT2D eigenvalue weighted by molar-refractivity contribution is 6.22. The van der Waals surface area contributed by atoms with E-state index in [2.05, 4.69) is 17.1 Å². The Balaban J connectivity index is 1.34. The van der Waals surface area contributed by atoms with Crippen molar-refractivity contribution in [2.45, 2.75) is 12.5 Å². The topological polar surface area (TPSA) is 43.9 Å². The van der Waals surface area contributed by atoms with Crippen LogP contribution in [0.3, 0.4) is 0 Å². The summed E-state index contributed by atoms with van der Waals surface area (Å²) in [7, 11) is 0. The molecule has 2 aromatic rings. The average Bonchev–Trinajstić information content (AvgIpc) is 3.04. The van der Waals surface area contributed by atoms with E-state index in [1.807, 2.05) is 35.2 Å². The molecule has 2 aromatic carbocycles. The summed E-state index contributed by atoms with van der Waals surface area (Å²) >= 11 is 0. The summed E-state index contributed by atoms with van der Waals surface area (Å²) < 4.78 is 27.3. The number of benzene rings is 2. The number of nitrogens with zero attached hydrogens (tertiary/aromatic N) is 3. The van der Waals surface area contributed by atoms with Gasteiger partial charge in [-0.1, -0.05) is 42.5 Å². The smallest absolute Gasteiger partial charge is 0.251 e. The molecular formula is C23H23F2N3O2. The van der Waals surface area contributed by atoms with Gasteiger partial charge in [-0.2, -0.15) is 0 Å². The Kier molecular flexibility index (Phi) is 6.01. The molecule has 2 aliphatic heterocycles. The van der Waals surface area contributed by atoms with Crippen LogP contribution in [0.15, 0.2) is 54.6 Å². The van der Waals surface area contributed by atoms with Crippen LogP contribution in [0.2, 0.25) is 0 Å². The van der Waals surface area contributed by atoms with Crippen LogP contribution >= 0.6 is 0 Å². The van der Waals surface area contributed by atoms with Gasteiger partial charge in [0.15, 0.2) is 0 Å². The molecule has 2 amide bonds. The van der Waals surface area contributed by atoms with Gasteiger partial charge in [0.2, 0.25) is 5.91 Å². The fourth-order valence-corrected chi connectivity index (χ4v) is 3.98. The van der Waals surface area contributed by atoms with E-state index >= 15 is 0 Å². The van der Waals surface area contributed by atoms with E-state index < -0.39 is 29.5 Å². The summed E-state index contributed by atoms with van der Waals surface area (Å²) in [5.74, 6) is -2.55. The van der Waals surface area contributed by atoms with E-state index in [-0.39, 0.29) is 12.1 Å². The molecule has 0 aliphatic carbocycles. The van der Waals surface area contributed by atoms with Gasteiger partial charge >= 0.3 is 0 Å². The number of imide groups is 1. The molecule has 0 N–H and O–H groups in total. The molecule has 2 heterocycles. The number of halogens is 2. The zero-order valence-corrected chi connectivity index (χ0v) is 16.5. The lowest BCUT2D eigenvalue weighted by Gasteiger charge is -2.36. The highest BCUT2D eigenvalue weighted by Crippen LogP contribution is 2.28. The molecule has 2 fully saturated rings. The molecule has 0 unspecified atom stereocenters. The van der Waals surface area contributed by atoms with E-state index in [4.69, 9.17) is 0 Å². The molecule has 2 saturated heterocycles. The molecule has 0 spiro atoms. The highest BCUT2D eigenvalue weighted by atomic mass is 19.1. The summed E-state index contributed by atoms with van der Waals surface area (Å²) in [6.07, 6.45) is 4.22.